The van der Waals surface area contributed by atoms with Crippen LogP contribution in [0.3, 0.4) is 0 Å². The lowest BCUT2D eigenvalue weighted by atomic mass is 9.72. The topological polar surface area (TPSA) is 67.2 Å². The summed E-state index contributed by atoms with van der Waals surface area (Å²) in [6, 6.07) is 7.82. The van der Waals surface area contributed by atoms with Crippen molar-refractivity contribution in [3.05, 3.63) is 45.6 Å². The molecule has 1 aromatic heterocycles. The number of benzene rings is 1. The number of aryl methyl sites for hydroxylation is 1. The summed E-state index contributed by atoms with van der Waals surface area (Å²) < 4.78 is 6.14. The molecule has 1 fully saturated rings. The Morgan fingerprint density at radius 1 is 1.36 bits per heavy atom. The van der Waals surface area contributed by atoms with Gasteiger partial charge in [0.05, 0.1) is 11.2 Å². The van der Waals surface area contributed by atoms with Crippen molar-refractivity contribution in [2.75, 3.05) is 5.32 Å². The Morgan fingerprint density at radius 2 is 2.14 bits per heavy atom. The lowest BCUT2D eigenvalue weighted by Crippen LogP contribution is -2.52. The van der Waals surface area contributed by atoms with E-state index in [1.54, 1.807) is 0 Å². The number of rotatable bonds is 3. The van der Waals surface area contributed by atoms with Crippen LogP contribution in [0.15, 0.2) is 33.3 Å². The van der Waals surface area contributed by atoms with Crippen molar-refractivity contribution >= 4 is 27.8 Å². The molecule has 0 aliphatic heterocycles. The van der Waals surface area contributed by atoms with Crippen LogP contribution in [0.5, 0.6) is 0 Å². The molecular formula is C16H18BrN3O2. The quantitative estimate of drug-likeness (QED) is 0.856. The SMILES string of the molecule is Cc1noc(NC(=O)NC2(c3cccc(Br)c3)CCC2)c1C. The number of hydrogen-bond acceptors (Lipinski definition) is 3. The average Bonchev–Trinajstić information content (AvgIpc) is 2.75. The fourth-order valence-electron chi connectivity index (χ4n) is 2.69. The third-order valence-corrected chi connectivity index (χ3v) is 4.81. The molecule has 0 unspecified atom stereocenters. The zero-order valence-corrected chi connectivity index (χ0v) is 14.2. The van der Waals surface area contributed by atoms with Crippen molar-refractivity contribution < 1.29 is 9.32 Å². The first-order valence-corrected chi connectivity index (χ1v) is 8.07. The van der Waals surface area contributed by atoms with Gasteiger partial charge < -0.3 is 9.84 Å². The van der Waals surface area contributed by atoms with E-state index in [0.717, 1.165) is 40.6 Å². The maximum atomic E-state index is 12.3. The van der Waals surface area contributed by atoms with E-state index in [0.29, 0.717) is 5.88 Å². The van der Waals surface area contributed by atoms with E-state index < -0.39 is 0 Å². The molecular weight excluding hydrogens is 346 g/mol. The summed E-state index contributed by atoms with van der Waals surface area (Å²) in [6.45, 7) is 3.71. The highest BCUT2D eigenvalue weighted by molar-refractivity contribution is 9.10. The summed E-state index contributed by atoms with van der Waals surface area (Å²) >= 11 is 3.49. The van der Waals surface area contributed by atoms with Crippen LogP contribution in [0.4, 0.5) is 10.7 Å². The molecule has 2 amide bonds. The molecule has 1 aliphatic rings. The number of carbonyl (C=O) groups is 1. The summed E-state index contributed by atoms with van der Waals surface area (Å²) in [5.41, 5.74) is 2.45. The molecule has 1 aromatic carbocycles. The van der Waals surface area contributed by atoms with E-state index in [-0.39, 0.29) is 11.6 Å². The van der Waals surface area contributed by atoms with Crippen molar-refractivity contribution in [1.82, 2.24) is 10.5 Å². The van der Waals surface area contributed by atoms with E-state index >= 15 is 0 Å². The molecule has 0 bridgehead atoms. The van der Waals surface area contributed by atoms with Gasteiger partial charge in [-0.1, -0.05) is 33.2 Å². The zero-order valence-electron chi connectivity index (χ0n) is 12.6. The monoisotopic (exact) mass is 363 g/mol. The molecule has 5 nitrogen and oxygen atoms in total. The lowest BCUT2D eigenvalue weighted by Gasteiger charge is -2.43. The number of carbonyl (C=O) groups excluding carboxylic acids is 1. The fraction of sp³-hybridized carbons (Fsp3) is 0.375. The molecule has 0 radical (unpaired) electrons. The highest BCUT2D eigenvalue weighted by Gasteiger charge is 2.40. The van der Waals surface area contributed by atoms with E-state index in [1.807, 2.05) is 32.0 Å². The average molecular weight is 364 g/mol. The minimum atomic E-state index is -0.295. The van der Waals surface area contributed by atoms with Gasteiger partial charge in [0.15, 0.2) is 0 Å². The van der Waals surface area contributed by atoms with Crippen LogP contribution in [0, 0.1) is 13.8 Å². The molecule has 3 rings (SSSR count). The van der Waals surface area contributed by atoms with Gasteiger partial charge in [0.25, 0.3) is 0 Å². The van der Waals surface area contributed by atoms with Gasteiger partial charge in [-0.2, -0.15) is 0 Å². The van der Waals surface area contributed by atoms with Crippen LogP contribution in [0.1, 0.15) is 36.1 Å². The molecule has 0 atom stereocenters. The summed E-state index contributed by atoms with van der Waals surface area (Å²) in [7, 11) is 0. The number of aromatic nitrogens is 1. The predicted octanol–water partition coefficient (Wildman–Crippen LogP) is 4.25. The van der Waals surface area contributed by atoms with Crippen molar-refractivity contribution in [2.24, 2.45) is 0 Å². The van der Waals surface area contributed by atoms with Gasteiger partial charge in [-0.25, -0.2) is 4.79 Å². The number of nitrogens with zero attached hydrogens (tertiary/aromatic N) is 1. The largest absolute Gasteiger partial charge is 0.338 e. The summed E-state index contributed by atoms with van der Waals surface area (Å²) in [5.74, 6) is 0.402. The van der Waals surface area contributed by atoms with Gasteiger partial charge in [0.2, 0.25) is 5.88 Å². The maximum absolute atomic E-state index is 12.3. The summed E-state index contributed by atoms with van der Waals surface area (Å²) in [6.07, 6.45) is 2.98. The predicted molar refractivity (Wildman–Crippen MR) is 87.8 cm³/mol. The molecule has 1 heterocycles. The molecule has 2 aromatic rings. The number of nitrogens with one attached hydrogen (secondary N) is 2. The number of anilines is 1. The zero-order chi connectivity index (χ0) is 15.7. The molecule has 1 aliphatic carbocycles. The maximum Gasteiger partial charge on any atom is 0.322 e. The third kappa shape index (κ3) is 2.75. The normalized spacial score (nSPS) is 16.0. The second-order valence-electron chi connectivity index (χ2n) is 5.75. The van der Waals surface area contributed by atoms with Crippen LogP contribution in [-0.4, -0.2) is 11.2 Å². The van der Waals surface area contributed by atoms with Crippen LogP contribution >= 0.6 is 15.9 Å². The Labute approximate surface area is 137 Å². The summed E-state index contributed by atoms with van der Waals surface area (Å²) in [5, 5.41) is 9.69. The second kappa shape index (κ2) is 5.76. The van der Waals surface area contributed by atoms with Crippen LogP contribution in [0.25, 0.3) is 0 Å². The van der Waals surface area contributed by atoms with Gasteiger partial charge >= 0.3 is 6.03 Å². The minimum Gasteiger partial charge on any atom is -0.338 e. The smallest absolute Gasteiger partial charge is 0.322 e. The molecule has 22 heavy (non-hydrogen) atoms. The highest BCUT2D eigenvalue weighted by atomic mass is 79.9. The Balaban J connectivity index is 1.75. The number of hydrogen-bond donors (Lipinski definition) is 2. The Bertz CT molecular complexity index is 707. The number of amides is 2. The van der Waals surface area contributed by atoms with Crippen molar-refractivity contribution in [1.29, 1.82) is 0 Å². The Morgan fingerprint density at radius 3 is 2.68 bits per heavy atom. The van der Waals surface area contributed by atoms with E-state index in [4.69, 9.17) is 4.52 Å². The first-order chi connectivity index (χ1) is 10.5. The van der Waals surface area contributed by atoms with Gasteiger partial charge in [-0.05, 0) is 50.8 Å². The van der Waals surface area contributed by atoms with Crippen molar-refractivity contribution in [2.45, 2.75) is 38.6 Å². The van der Waals surface area contributed by atoms with E-state index in [2.05, 4.69) is 37.8 Å². The molecule has 116 valence electrons. The van der Waals surface area contributed by atoms with Crippen LogP contribution in [-0.2, 0) is 5.54 Å². The molecule has 1 saturated carbocycles. The third-order valence-electron chi connectivity index (χ3n) is 4.32. The Hall–Kier alpha value is -1.82. The molecule has 6 heteroatoms. The highest BCUT2D eigenvalue weighted by Crippen LogP contribution is 2.42. The van der Waals surface area contributed by atoms with Gasteiger partial charge in [-0.15, -0.1) is 0 Å². The molecule has 0 spiro atoms. The van der Waals surface area contributed by atoms with E-state index in [1.165, 1.54) is 0 Å². The van der Waals surface area contributed by atoms with Gasteiger partial charge in [0.1, 0.15) is 0 Å². The van der Waals surface area contributed by atoms with Crippen molar-refractivity contribution in [3.8, 4) is 0 Å². The van der Waals surface area contributed by atoms with Gasteiger partial charge in [-0.3, -0.25) is 5.32 Å². The standard InChI is InChI=1S/C16H18BrN3O2/c1-10-11(2)20-22-14(10)18-15(21)19-16(7-4-8-16)12-5-3-6-13(17)9-12/h3,5-6,9H,4,7-8H2,1-2H3,(H2,18,19,21). The summed E-state index contributed by atoms with van der Waals surface area (Å²) in [4.78, 5) is 12.3. The van der Waals surface area contributed by atoms with Crippen LogP contribution < -0.4 is 10.6 Å². The first kappa shape index (κ1) is 15.1. The first-order valence-electron chi connectivity index (χ1n) is 7.28. The lowest BCUT2D eigenvalue weighted by molar-refractivity contribution is 0.184. The number of urea groups is 1. The Kier molecular flexibility index (Phi) is 3.95. The fourth-order valence-corrected chi connectivity index (χ4v) is 3.09. The molecule has 0 saturated heterocycles. The van der Waals surface area contributed by atoms with Crippen LogP contribution in [0.2, 0.25) is 0 Å². The van der Waals surface area contributed by atoms with Crippen molar-refractivity contribution in [3.63, 3.8) is 0 Å². The van der Waals surface area contributed by atoms with E-state index in [9.17, 15) is 4.79 Å². The number of halogens is 1. The second-order valence-corrected chi connectivity index (χ2v) is 6.66. The van der Waals surface area contributed by atoms with Gasteiger partial charge in [0, 0.05) is 10.0 Å². The molecule has 2 N–H and O–H groups in total. The minimum absolute atomic E-state index is 0.265.